The molecule has 238 valence electrons. The molecule has 1 aliphatic rings. The summed E-state index contributed by atoms with van der Waals surface area (Å²) < 4.78 is 33.6. The van der Waals surface area contributed by atoms with Gasteiger partial charge in [0.2, 0.25) is 0 Å². The zero-order valence-electron chi connectivity index (χ0n) is 26.1. The maximum absolute atomic E-state index is 14.4. The number of nitrogens with two attached hydrogens (primary N) is 1. The molecule has 0 bridgehead atoms. The van der Waals surface area contributed by atoms with Gasteiger partial charge in [-0.15, -0.1) is 0 Å². The molecule has 1 fully saturated rings. The van der Waals surface area contributed by atoms with Crippen LogP contribution < -0.4 is 15.2 Å². The van der Waals surface area contributed by atoms with Gasteiger partial charge >= 0.3 is 6.09 Å². The Morgan fingerprint density at radius 3 is 2.50 bits per heavy atom. The number of piperidine rings is 1. The highest BCUT2D eigenvalue weighted by molar-refractivity contribution is 5.98. The van der Waals surface area contributed by atoms with E-state index in [1.165, 1.54) is 18.5 Å². The largest absolute Gasteiger partial charge is 0.489 e. The van der Waals surface area contributed by atoms with Crippen molar-refractivity contribution in [2.75, 3.05) is 18.8 Å². The number of halogens is 1. The predicted octanol–water partition coefficient (Wildman–Crippen LogP) is 6.26. The molecular weight excluding hydrogens is 591 g/mol. The molecule has 13 heteroatoms. The molecule has 1 atom stereocenters. The topological polar surface area (TPSA) is 143 Å². The summed E-state index contributed by atoms with van der Waals surface area (Å²) in [4.78, 5) is 31.6. The SMILES string of the molecule is Cc1ncc(COc2cc(F)cc(Oc3ccc(-c4nn([C@@H]5CCCN(C(=O)OC(C)(C)C)C5)c5ncnc(N)c45)cc3)c2)cn1. The Kier molecular flexibility index (Phi) is 8.39. The van der Waals surface area contributed by atoms with Gasteiger partial charge in [-0.05, 0) is 64.8 Å². The molecule has 4 heterocycles. The van der Waals surface area contributed by atoms with Crippen molar-refractivity contribution >= 4 is 22.9 Å². The lowest BCUT2D eigenvalue weighted by Gasteiger charge is -2.34. The number of carbonyl (C=O) groups is 1. The maximum atomic E-state index is 14.4. The molecule has 3 aromatic heterocycles. The molecule has 1 amide bonds. The number of nitrogens with zero attached hydrogens (tertiary/aromatic N) is 7. The van der Waals surface area contributed by atoms with E-state index in [-0.39, 0.29) is 24.5 Å². The lowest BCUT2D eigenvalue weighted by atomic mass is 10.1. The zero-order valence-corrected chi connectivity index (χ0v) is 26.1. The van der Waals surface area contributed by atoms with Crippen molar-refractivity contribution in [3.63, 3.8) is 0 Å². The molecule has 1 aliphatic heterocycles. The van der Waals surface area contributed by atoms with Crippen molar-refractivity contribution in [3.05, 3.63) is 78.4 Å². The summed E-state index contributed by atoms with van der Waals surface area (Å²) in [5.41, 5.74) is 8.48. The maximum Gasteiger partial charge on any atom is 0.410 e. The number of aromatic nitrogens is 6. The van der Waals surface area contributed by atoms with Gasteiger partial charge in [-0.25, -0.2) is 33.8 Å². The van der Waals surface area contributed by atoms with Crippen LogP contribution >= 0.6 is 0 Å². The normalized spacial score (nSPS) is 15.2. The van der Waals surface area contributed by atoms with E-state index in [0.717, 1.165) is 24.0 Å². The molecule has 2 aromatic carbocycles. The molecule has 0 unspecified atom stereocenters. The number of hydrogen-bond donors (Lipinski definition) is 1. The van der Waals surface area contributed by atoms with Gasteiger partial charge in [0.15, 0.2) is 5.65 Å². The van der Waals surface area contributed by atoms with Crippen LogP contribution in [0.2, 0.25) is 0 Å². The lowest BCUT2D eigenvalue weighted by Crippen LogP contribution is -2.43. The minimum Gasteiger partial charge on any atom is -0.489 e. The molecule has 6 rings (SSSR count). The van der Waals surface area contributed by atoms with Gasteiger partial charge in [-0.1, -0.05) is 0 Å². The van der Waals surface area contributed by atoms with Crippen LogP contribution in [0.25, 0.3) is 22.3 Å². The predicted molar refractivity (Wildman–Crippen MR) is 169 cm³/mol. The molecule has 12 nitrogen and oxygen atoms in total. The third-order valence-electron chi connectivity index (χ3n) is 7.36. The first-order chi connectivity index (χ1) is 22.0. The highest BCUT2D eigenvalue weighted by Gasteiger charge is 2.31. The van der Waals surface area contributed by atoms with Crippen molar-refractivity contribution in [1.29, 1.82) is 0 Å². The van der Waals surface area contributed by atoms with E-state index in [0.29, 0.717) is 53.0 Å². The summed E-state index contributed by atoms with van der Waals surface area (Å²) in [5.74, 6) is 1.54. The third-order valence-corrected chi connectivity index (χ3v) is 7.36. The highest BCUT2D eigenvalue weighted by Crippen LogP contribution is 2.35. The van der Waals surface area contributed by atoms with Gasteiger partial charge in [0, 0.05) is 54.8 Å². The van der Waals surface area contributed by atoms with Crippen molar-refractivity contribution in [3.8, 4) is 28.5 Å². The third kappa shape index (κ3) is 6.98. The van der Waals surface area contributed by atoms with E-state index in [1.54, 1.807) is 42.4 Å². The number of amides is 1. The lowest BCUT2D eigenvalue weighted by molar-refractivity contribution is 0.0169. The number of aryl methyl sites for hydroxylation is 1. The minimum absolute atomic E-state index is 0.127. The Hall–Kier alpha value is -5.33. The fourth-order valence-corrected chi connectivity index (χ4v) is 5.26. The smallest absolute Gasteiger partial charge is 0.410 e. The van der Waals surface area contributed by atoms with E-state index < -0.39 is 11.4 Å². The van der Waals surface area contributed by atoms with E-state index in [4.69, 9.17) is 25.0 Å². The number of fused-ring (bicyclic) bond motifs is 1. The molecule has 0 aliphatic carbocycles. The summed E-state index contributed by atoms with van der Waals surface area (Å²) in [6.07, 6.45) is 6.00. The Morgan fingerprint density at radius 2 is 1.76 bits per heavy atom. The number of anilines is 1. The van der Waals surface area contributed by atoms with Gasteiger partial charge < -0.3 is 24.8 Å². The minimum atomic E-state index is -0.588. The van der Waals surface area contributed by atoms with Crippen LogP contribution in [0.15, 0.2) is 61.2 Å². The Balaban J connectivity index is 1.21. The van der Waals surface area contributed by atoms with Crippen LogP contribution in [0, 0.1) is 12.7 Å². The molecule has 2 N–H and O–H groups in total. The van der Waals surface area contributed by atoms with E-state index in [2.05, 4.69) is 19.9 Å². The van der Waals surface area contributed by atoms with Gasteiger partial charge in [0.25, 0.3) is 0 Å². The van der Waals surface area contributed by atoms with Gasteiger partial charge in [-0.3, -0.25) is 0 Å². The number of nitrogen functional groups attached to an aromatic ring is 1. The van der Waals surface area contributed by atoms with E-state index >= 15 is 0 Å². The summed E-state index contributed by atoms with van der Waals surface area (Å²) in [6, 6.07) is 11.3. The second kappa shape index (κ2) is 12.6. The Bertz CT molecular complexity index is 1860. The summed E-state index contributed by atoms with van der Waals surface area (Å²) in [7, 11) is 0. The van der Waals surface area contributed by atoms with Crippen LogP contribution in [-0.2, 0) is 11.3 Å². The standard InChI is InChI=1S/C33H35FN8O4/c1-20-36-15-21(16-37-20)18-44-26-12-23(34)13-27(14-26)45-25-9-7-22(8-10-25)29-28-30(35)38-19-39-31(28)42(40-29)24-6-5-11-41(17-24)32(43)46-33(2,3)4/h7-10,12-16,19,24H,5-6,11,17-18H2,1-4H3,(H2,35,38,39)/t24-/m1/s1. The number of rotatable bonds is 7. The van der Waals surface area contributed by atoms with Crippen LogP contribution in [0.1, 0.15) is 51.0 Å². The van der Waals surface area contributed by atoms with Crippen LogP contribution in [-0.4, -0.2) is 59.4 Å². The summed E-state index contributed by atoms with van der Waals surface area (Å²) >= 11 is 0. The van der Waals surface area contributed by atoms with Gasteiger partial charge in [-0.2, -0.15) is 5.10 Å². The fraction of sp³-hybridized carbons (Fsp3) is 0.333. The van der Waals surface area contributed by atoms with Crippen molar-refractivity contribution in [1.82, 2.24) is 34.6 Å². The first kappa shape index (κ1) is 30.7. The van der Waals surface area contributed by atoms with Crippen LogP contribution in [0.5, 0.6) is 17.2 Å². The number of likely N-dealkylation sites (tertiary alicyclic amines) is 1. The van der Waals surface area contributed by atoms with Crippen LogP contribution in [0.4, 0.5) is 15.0 Å². The van der Waals surface area contributed by atoms with Crippen molar-refractivity contribution in [2.24, 2.45) is 0 Å². The second-order valence-corrected chi connectivity index (χ2v) is 12.1. The fourth-order valence-electron chi connectivity index (χ4n) is 5.26. The molecule has 1 saturated heterocycles. The van der Waals surface area contributed by atoms with E-state index in [1.807, 2.05) is 37.6 Å². The Labute approximate surface area is 265 Å². The highest BCUT2D eigenvalue weighted by atomic mass is 19.1. The van der Waals surface area contributed by atoms with Crippen molar-refractivity contribution in [2.45, 2.75) is 58.8 Å². The number of ether oxygens (including phenoxy) is 3. The number of benzene rings is 2. The number of hydrogen-bond acceptors (Lipinski definition) is 10. The molecule has 5 aromatic rings. The number of carbonyl (C=O) groups excluding carboxylic acids is 1. The first-order valence-electron chi connectivity index (χ1n) is 15.0. The first-order valence-corrected chi connectivity index (χ1v) is 15.0. The van der Waals surface area contributed by atoms with Crippen LogP contribution in [0.3, 0.4) is 0 Å². The molecule has 0 saturated carbocycles. The zero-order chi connectivity index (χ0) is 32.4. The van der Waals surface area contributed by atoms with Gasteiger partial charge in [0.05, 0.1) is 11.4 Å². The quantitative estimate of drug-likeness (QED) is 0.220. The van der Waals surface area contributed by atoms with E-state index in [9.17, 15) is 9.18 Å². The Morgan fingerprint density at radius 1 is 1.02 bits per heavy atom. The summed E-state index contributed by atoms with van der Waals surface area (Å²) in [6.45, 7) is 8.57. The van der Waals surface area contributed by atoms with Crippen molar-refractivity contribution < 1.29 is 23.4 Å². The van der Waals surface area contributed by atoms with Gasteiger partial charge in [0.1, 0.15) is 58.9 Å². The summed E-state index contributed by atoms with van der Waals surface area (Å²) in [5, 5.41) is 5.56. The molecule has 0 spiro atoms. The average Bonchev–Trinajstić information content (AvgIpc) is 3.41. The average molecular weight is 627 g/mol. The molecule has 46 heavy (non-hydrogen) atoms. The second-order valence-electron chi connectivity index (χ2n) is 12.1. The molecular formula is C33H35FN8O4. The molecule has 0 radical (unpaired) electrons. The monoisotopic (exact) mass is 626 g/mol.